The molecule has 0 spiro atoms. The highest BCUT2D eigenvalue weighted by molar-refractivity contribution is 5.71. The number of hydrogen-bond donors (Lipinski definition) is 1. The third-order valence-corrected chi connectivity index (χ3v) is 3.50. The molecule has 0 amide bonds. The summed E-state index contributed by atoms with van der Waals surface area (Å²) in [5.74, 6) is -0.769. The Morgan fingerprint density at radius 2 is 2.13 bits per heavy atom. The molecule has 0 bridgehead atoms. The number of carbonyl (C=O) groups is 1. The molecule has 1 aliphatic heterocycles. The standard InChI is InChI=1S/C12H23NO2/c1-3-4-5-6-8-13-9-7-11(10(13)2)12(14)15/h10-11H,3-9H2,1-2H3,(H,14,15). The van der Waals surface area contributed by atoms with E-state index in [1.54, 1.807) is 0 Å². The summed E-state index contributed by atoms with van der Waals surface area (Å²) >= 11 is 0. The van der Waals surface area contributed by atoms with Gasteiger partial charge in [-0.15, -0.1) is 0 Å². The fourth-order valence-corrected chi connectivity index (χ4v) is 2.39. The average Bonchev–Trinajstić information content (AvgIpc) is 2.55. The van der Waals surface area contributed by atoms with Crippen LogP contribution < -0.4 is 0 Å². The molecule has 1 N–H and O–H groups in total. The number of carboxylic acids is 1. The van der Waals surface area contributed by atoms with E-state index in [4.69, 9.17) is 5.11 Å². The van der Waals surface area contributed by atoms with Crippen molar-refractivity contribution in [3.63, 3.8) is 0 Å². The normalized spacial score (nSPS) is 27.1. The molecule has 0 aromatic rings. The molecule has 1 rings (SSSR count). The molecule has 0 aliphatic carbocycles. The molecular weight excluding hydrogens is 190 g/mol. The van der Waals surface area contributed by atoms with Crippen molar-refractivity contribution in [3.8, 4) is 0 Å². The predicted molar refractivity (Wildman–Crippen MR) is 60.9 cm³/mol. The van der Waals surface area contributed by atoms with Crippen LogP contribution in [0.3, 0.4) is 0 Å². The topological polar surface area (TPSA) is 40.5 Å². The van der Waals surface area contributed by atoms with Gasteiger partial charge in [-0.25, -0.2) is 0 Å². The lowest BCUT2D eigenvalue weighted by molar-refractivity contribution is -0.142. The highest BCUT2D eigenvalue weighted by atomic mass is 16.4. The van der Waals surface area contributed by atoms with Gasteiger partial charge in [0, 0.05) is 6.04 Å². The van der Waals surface area contributed by atoms with Crippen LogP contribution in [0.25, 0.3) is 0 Å². The van der Waals surface area contributed by atoms with Gasteiger partial charge in [0.15, 0.2) is 0 Å². The first-order chi connectivity index (χ1) is 7.16. The van der Waals surface area contributed by atoms with Gasteiger partial charge in [0.25, 0.3) is 0 Å². The van der Waals surface area contributed by atoms with Gasteiger partial charge in [0.1, 0.15) is 0 Å². The summed E-state index contributed by atoms with van der Waals surface area (Å²) in [6.45, 7) is 6.29. The molecule has 0 saturated carbocycles. The molecule has 1 saturated heterocycles. The number of carboxylic acid groups (broad SMARTS) is 1. The van der Waals surface area contributed by atoms with Crippen molar-refractivity contribution < 1.29 is 9.90 Å². The molecule has 3 nitrogen and oxygen atoms in total. The highest BCUT2D eigenvalue weighted by Crippen LogP contribution is 2.24. The predicted octanol–water partition coefficient (Wildman–Crippen LogP) is 2.36. The molecule has 1 fully saturated rings. The van der Waals surface area contributed by atoms with Gasteiger partial charge in [-0.1, -0.05) is 26.2 Å². The molecule has 88 valence electrons. The van der Waals surface area contributed by atoms with Crippen molar-refractivity contribution in [2.45, 2.75) is 52.0 Å². The zero-order chi connectivity index (χ0) is 11.3. The summed E-state index contributed by atoms with van der Waals surface area (Å²) in [6.07, 6.45) is 5.87. The minimum absolute atomic E-state index is 0.142. The van der Waals surface area contributed by atoms with E-state index in [-0.39, 0.29) is 12.0 Å². The van der Waals surface area contributed by atoms with Crippen molar-refractivity contribution in [1.29, 1.82) is 0 Å². The summed E-state index contributed by atoms with van der Waals surface area (Å²) < 4.78 is 0. The van der Waals surface area contributed by atoms with Crippen LogP contribution in [0.2, 0.25) is 0 Å². The zero-order valence-electron chi connectivity index (χ0n) is 9.91. The second-order valence-corrected chi connectivity index (χ2v) is 4.57. The third kappa shape index (κ3) is 3.49. The van der Waals surface area contributed by atoms with Gasteiger partial charge >= 0.3 is 5.97 Å². The lowest BCUT2D eigenvalue weighted by atomic mass is 10.0. The second kappa shape index (κ2) is 6.11. The van der Waals surface area contributed by atoms with Gasteiger partial charge < -0.3 is 5.11 Å². The van der Waals surface area contributed by atoms with Crippen LogP contribution in [0.1, 0.15) is 46.0 Å². The van der Waals surface area contributed by atoms with Crippen molar-refractivity contribution >= 4 is 5.97 Å². The molecule has 2 unspecified atom stereocenters. The Balaban J connectivity index is 2.24. The van der Waals surface area contributed by atoms with E-state index in [1.807, 2.05) is 6.92 Å². The van der Waals surface area contributed by atoms with Gasteiger partial charge in [-0.05, 0) is 32.9 Å². The number of likely N-dealkylation sites (tertiary alicyclic amines) is 1. The van der Waals surface area contributed by atoms with Gasteiger partial charge in [0.2, 0.25) is 0 Å². The van der Waals surface area contributed by atoms with E-state index >= 15 is 0 Å². The van der Waals surface area contributed by atoms with Crippen LogP contribution in [-0.4, -0.2) is 35.1 Å². The van der Waals surface area contributed by atoms with Crippen LogP contribution in [0.5, 0.6) is 0 Å². The molecular formula is C12H23NO2. The number of hydrogen-bond acceptors (Lipinski definition) is 2. The second-order valence-electron chi connectivity index (χ2n) is 4.57. The molecule has 0 radical (unpaired) electrons. The lowest BCUT2D eigenvalue weighted by Gasteiger charge is -2.22. The summed E-state index contributed by atoms with van der Waals surface area (Å²) in [5.41, 5.74) is 0. The third-order valence-electron chi connectivity index (χ3n) is 3.50. The van der Waals surface area contributed by atoms with Crippen LogP contribution in [0.15, 0.2) is 0 Å². The number of unbranched alkanes of at least 4 members (excludes halogenated alkanes) is 3. The Labute approximate surface area is 92.5 Å². The van der Waals surface area contributed by atoms with Gasteiger partial charge in [-0.3, -0.25) is 9.69 Å². The quantitative estimate of drug-likeness (QED) is 0.689. The summed E-state index contributed by atoms with van der Waals surface area (Å²) in [7, 11) is 0. The maximum absolute atomic E-state index is 10.9. The van der Waals surface area contributed by atoms with Crippen molar-refractivity contribution in [3.05, 3.63) is 0 Å². The summed E-state index contributed by atoms with van der Waals surface area (Å²) in [5, 5.41) is 8.98. The maximum atomic E-state index is 10.9. The van der Waals surface area contributed by atoms with E-state index in [2.05, 4.69) is 11.8 Å². The minimum atomic E-state index is -0.626. The summed E-state index contributed by atoms with van der Waals surface area (Å²) in [4.78, 5) is 13.2. The van der Waals surface area contributed by atoms with Crippen molar-refractivity contribution in [1.82, 2.24) is 4.90 Å². The minimum Gasteiger partial charge on any atom is -0.481 e. The van der Waals surface area contributed by atoms with Gasteiger partial charge in [0.05, 0.1) is 5.92 Å². The molecule has 3 heteroatoms. The molecule has 15 heavy (non-hydrogen) atoms. The van der Waals surface area contributed by atoms with Crippen molar-refractivity contribution in [2.24, 2.45) is 5.92 Å². The van der Waals surface area contributed by atoms with E-state index in [9.17, 15) is 4.79 Å². The molecule has 1 heterocycles. The van der Waals surface area contributed by atoms with Crippen LogP contribution >= 0.6 is 0 Å². The monoisotopic (exact) mass is 213 g/mol. The first kappa shape index (κ1) is 12.5. The Morgan fingerprint density at radius 3 is 2.67 bits per heavy atom. The van der Waals surface area contributed by atoms with Crippen molar-refractivity contribution in [2.75, 3.05) is 13.1 Å². The highest BCUT2D eigenvalue weighted by Gasteiger charge is 2.34. The molecule has 2 atom stereocenters. The van der Waals surface area contributed by atoms with E-state index in [0.717, 1.165) is 19.5 Å². The zero-order valence-corrected chi connectivity index (χ0v) is 9.91. The first-order valence-electron chi connectivity index (χ1n) is 6.13. The van der Waals surface area contributed by atoms with Crippen LogP contribution in [0, 0.1) is 5.92 Å². The SMILES string of the molecule is CCCCCCN1CCC(C(=O)O)C1C. The number of aliphatic carboxylic acids is 1. The number of nitrogens with zero attached hydrogens (tertiary/aromatic N) is 1. The van der Waals surface area contributed by atoms with Gasteiger partial charge in [-0.2, -0.15) is 0 Å². The van der Waals surface area contributed by atoms with E-state index in [1.165, 1.54) is 25.7 Å². The average molecular weight is 213 g/mol. The van der Waals surface area contributed by atoms with E-state index < -0.39 is 5.97 Å². The molecule has 1 aliphatic rings. The largest absolute Gasteiger partial charge is 0.481 e. The molecule has 0 aromatic heterocycles. The lowest BCUT2D eigenvalue weighted by Crippen LogP contribution is -2.33. The Morgan fingerprint density at radius 1 is 1.40 bits per heavy atom. The van der Waals surface area contributed by atoms with Crippen LogP contribution in [0.4, 0.5) is 0 Å². The Bertz CT molecular complexity index is 206. The Hall–Kier alpha value is -0.570. The maximum Gasteiger partial charge on any atom is 0.308 e. The fourth-order valence-electron chi connectivity index (χ4n) is 2.39. The van der Waals surface area contributed by atoms with Crippen LogP contribution in [-0.2, 0) is 4.79 Å². The smallest absolute Gasteiger partial charge is 0.308 e. The number of rotatable bonds is 6. The summed E-state index contributed by atoms with van der Waals surface area (Å²) in [6, 6.07) is 0.226. The first-order valence-corrected chi connectivity index (χ1v) is 6.13. The van der Waals surface area contributed by atoms with E-state index in [0.29, 0.717) is 0 Å². The fraction of sp³-hybridized carbons (Fsp3) is 0.917. The Kier molecular flexibility index (Phi) is 5.09. The molecule has 0 aromatic carbocycles.